The number of nitrogens with one attached hydrogen (secondary N) is 1. The lowest BCUT2D eigenvalue weighted by Gasteiger charge is -2.36. The van der Waals surface area contributed by atoms with Gasteiger partial charge in [0.15, 0.2) is 0 Å². The van der Waals surface area contributed by atoms with Crippen molar-refractivity contribution in [2.75, 3.05) is 13.1 Å². The van der Waals surface area contributed by atoms with Crippen LogP contribution in [0.15, 0.2) is 18.2 Å². The maximum atomic E-state index is 13.2. The van der Waals surface area contributed by atoms with Gasteiger partial charge in [0.2, 0.25) is 0 Å². The van der Waals surface area contributed by atoms with Crippen molar-refractivity contribution < 1.29 is 9.18 Å². The van der Waals surface area contributed by atoms with Crippen LogP contribution in [-0.4, -0.2) is 36.0 Å². The van der Waals surface area contributed by atoms with Gasteiger partial charge in [-0.1, -0.05) is 0 Å². The van der Waals surface area contributed by atoms with E-state index in [1.165, 1.54) is 6.07 Å². The first-order valence-electron chi connectivity index (χ1n) is 6.29. The predicted molar refractivity (Wildman–Crippen MR) is 69.1 cm³/mol. The van der Waals surface area contributed by atoms with Gasteiger partial charge in [0.05, 0.1) is 0 Å². The number of carbonyl (C=O) groups is 1. The normalized spacial score (nSPS) is 24.1. The standard InChI is InChI=1S/C14H19FN2O/c1-9-6-12(4-5-13(9)15)14(18)17-7-10(2)16-11(3)8-17/h4-6,10-11,16H,7-8H2,1-3H3/t10-,11-/m0/s1. The first-order valence-corrected chi connectivity index (χ1v) is 6.29. The van der Waals surface area contributed by atoms with Crippen LogP contribution in [0.2, 0.25) is 0 Å². The predicted octanol–water partition coefficient (Wildman–Crippen LogP) is 1.96. The number of piperazine rings is 1. The van der Waals surface area contributed by atoms with Crippen LogP contribution in [0.3, 0.4) is 0 Å². The third kappa shape index (κ3) is 2.70. The summed E-state index contributed by atoms with van der Waals surface area (Å²) in [5.74, 6) is -0.285. The summed E-state index contributed by atoms with van der Waals surface area (Å²) in [6.45, 7) is 7.19. The molecule has 1 aromatic carbocycles. The number of aryl methyl sites for hydroxylation is 1. The highest BCUT2D eigenvalue weighted by molar-refractivity contribution is 5.94. The van der Waals surface area contributed by atoms with Crippen molar-refractivity contribution in [3.05, 3.63) is 35.1 Å². The molecule has 1 aromatic rings. The molecule has 1 N–H and O–H groups in total. The number of carbonyl (C=O) groups excluding carboxylic acids is 1. The number of halogens is 1. The minimum absolute atomic E-state index is 0.0155. The van der Waals surface area contributed by atoms with E-state index in [9.17, 15) is 9.18 Å². The Kier molecular flexibility index (Phi) is 3.66. The van der Waals surface area contributed by atoms with E-state index in [1.54, 1.807) is 19.1 Å². The monoisotopic (exact) mass is 250 g/mol. The molecule has 1 heterocycles. The molecule has 1 saturated heterocycles. The number of nitrogens with zero attached hydrogens (tertiary/aromatic N) is 1. The SMILES string of the molecule is Cc1cc(C(=O)N2C[C@H](C)N[C@@H](C)C2)ccc1F. The average molecular weight is 250 g/mol. The molecule has 3 nitrogen and oxygen atoms in total. The maximum absolute atomic E-state index is 13.2. The molecule has 0 unspecified atom stereocenters. The van der Waals surface area contributed by atoms with Crippen molar-refractivity contribution in [1.29, 1.82) is 0 Å². The Hall–Kier alpha value is -1.42. The fraction of sp³-hybridized carbons (Fsp3) is 0.500. The fourth-order valence-electron chi connectivity index (χ4n) is 2.45. The van der Waals surface area contributed by atoms with E-state index in [-0.39, 0.29) is 11.7 Å². The topological polar surface area (TPSA) is 32.3 Å². The molecule has 2 rings (SSSR count). The zero-order valence-corrected chi connectivity index (χ0v) is 11.0. The summed E-state index contributed by atoms with van der Waals surface area (Å²) < 4.78 is 13.2. The third-order valence-electron chi connectivity index (χ3n) is 3.25. The minimum Gasteiger partial charge on any atom is -0.336 e. The first-order chi connectivity index (χ1) is 8.47. The lowest BCUT2D eigenvalue weighted by Crippen LogP contribution is -2.55. The smallest absolute Gasteiger partial charge is 0.253 e. The number of amides is 1. The van der Waals surface area contributed by atoms with Gasteiger partial charge < -0.3 is 10.2 Å². The molecular formula is C14H19FN2O. The van der Waals surface area contributed by atoms with E-state index in [1.807, 2.05) is 4.90 Å². The molecule has 0 aliphatic carbocycles. The van der Waals surface area contributed by atoms with Crippen LogP contribution >= 0.6 is 0 Å². The summed E-state index contributed by atoms with van der Waals surface area (Å²) in [5, 5.41) is 3.38. The first kappa shape index (κ1) is 13.0. The second-order valence-corrected chi connectivity index (χ2v) is 5.14. The minimum atomic E-state index is -0.270. The van der Waals surface area contributed by atoms with Gasteiger partial charge in [-0.15, -0.1) is 0 Å². The van der Waals surface area contributed by atoms with Gasteiger partial charge in [-0.05, 0) is 44.5 Å². The van der Waals surface area contributed by atoms with Crippen LogP contribution in [0.25, 0.3) is 0 Å². The molecule has 0 radical (unpaired) electrons. The van der Waals surface area contributed by atoms with Crippen molar-refractivity contribution in [2.24, 2.45) is 0 Å². The Morgan fingerprint density at radius 1 is 1.33 bits per heavy atom. The third-order valence-corrected chi connectivity index (χ3v) is 3.25. The highest BCUT2D eigenvalue weighted by Crippen LogP contribution is 2.14. The van der Waals surface area contributed by atoms with Gasteiger partial charge in [0.25, 0.3) is 5.91 Å². The second kappa shape index (κ2) is 5.06. The molecular weight excluding hydrogens is 231 g/mol. The van der Waals surface area contributed by atoms with Gasteiger partial charge in [-0.2, -0.15) is 0 Å². The van der Waals surface area contributed by atoms with Gasteiger partial charge in [-0.25, -0.2) is 4.39 Å². The fourth-order valence-corrected chi connectivity index (χ4v) is 2.45. The average Bonchev–Trinajstić information content (AvgIpc) is 2.30. The number of hydrogen-bond acceptors (Lipinski definition) is 2. The molecule has 0 saturated carbocycles. The van der Waals surface area contributed by atoms with Gasteiger partial charge in [0.1, 0.15) is 5.82 Å². The second-order valence-electron chi connectivity index (χ2n) is 5.14. The molecule has 98 valence electrons. The summed E-state index contributed by atoms with van der Waals surface area (Å²) in [7, 11) is 0. The highest BCUT2D eigenvalue weighted by atomic mass is 19.1. The Balaban J connectivity index is 2.17. The van der Waals surface area contributed by atoms with E-state index in [0.29, 0.717) is 36.3 Å². The Bertz CT molecular complexity index is 451. The van der Waals surface area contributed by atoms with Crippen molar-refractivity contribution in [1.82, 2.24) is 10.2 Å². The van der Waals surface area contributed by atoms with Crippen molar-refractivity contribution in [3.8, 4) is 0 Å². The van der Waals surface area contributed by atoms with Gasteiger partial charge in [-0.3, -0.25) is 4.79 Å². The number of benzene rings is 1. The lowest BCUT2D eigenvalue weighted by molar-refractivity contribution is 0.0673. The highest BCUT2D eigenvalue weighted by Gasteiger charge is 2.25. The molecule has 0 aromatic heterocycles. The van der Waals surface area contributed by atoms with E-state index >= 15 is 0 Å². The number of hydrogen-bond donors (Lipinski definition) is 1. The molecule has 18 heavy (non-hydrogen) atoms. The van der Waals surface area contributed by atoms with E-state index in [4.69, 9.17) is 0 Å². The van der Waals surface area contributed by atoms with Crippen LogP contribution in [-0.2, 0) is 0 Å². The zero-order valence-electron chi connectivity index (χ0n) is 11.0. The van der Waals surface area contributed by atoms with Crippen molar-refractivity contribution in [2.45, 2.75) is 32.9 Å². The number of rotatable bonds is 1. The van der Waals surface area contributed by atoms with E-state index in [0.717, 1.165) is 0 Å². The van der Waals surface area contributed by atoms with Crippen LogP contribution in [0.1, 0.15) is 29.8 Å². The zero-order chi connectivity index (χ0) is 13.3. The Morgan fingerprint density at radius 2 is 1.94 bits per heavy atom. The molecule has 1 fully saturated rings. The summed E-state index contributed by atoms with van der Waals surface area (Å²) in [4.78, 5) is 14.2. The molecule has 4 heteroatoms. The van der Waals surface area contributed by atoms with Crippen molar-refractivity contribution >= 4 is 5.91 Å². The Labute approximate surface area is 107 Å². The summed E-state index contributed by atoms with van der Waals surface area (Å²) in [5.41, 5.74) is 1.08. The van der Waals surface area contributed by atoms with Crippen molar-refractivity contribution in [3.63, 3.8) is 0 Å². The van der Waals surface area contributed by atoms with Gasteiger partial charge >= 0.3 is 0 Å². The molecule has 0 spiro atoms. The van der Waals surface area contributed by atoms with Crippen LogP contribution in [0.4, 0.5) is 4.39 Å². The molecule has 1 aliphatic heterocycles. The quantitative estimate of drug-likeness (QED) is 0.826. The Morgan fingerprint density at radius 3 is 2.50 bits per heavy atom. The molecule has 2 atom stereocenters. The van der Waals surface area contributed by atoms with Gasteiger partial charge in [0, 0.05) is 30.7 Å². The van der Waals surface area contributed by atoms with Crippen LogP contribution in [0.5, 0.6) is 0 Å². The largest absolute Gasteiger partial charge is 0.336 e. The lowest BCUT2D eigenvalue weighted by atomic mass is 10.1. The summed E-state index contributed by atoms with van der Waals surface area (Å²) in [6, 6.07) is 5.12. The maximum Gasteiger partial charge on any atom is 0.253 e. The van der Waals surface area contributed by atoms with Crippen LogP contribution < -0.4 is 5.32 Å². The van der Waals surface area contributed by atoms with E-state index < -0.39 is 0 Å². The molecule has 1 amide bonds. The van der Waals surface area contributed by atoms with E-state index in [2.05, 4.69) is 19.2 Å². The molecule has 0 bridgehead atoms. The summed E-state index contributed by atoms with van der Waals surface area (Å²) >= 11 is 0. The summed E-state index contributed by atoms with van der Waals surface area (Å²) in [6.07, 6.45) is 0. The van der Waals surface area contributed by atoms with Crippen LogP contribution in [0, 0.1) is 12.7 Å². The molecule has 1 aliphatic rings.